The Labute approximate surface area is 122 Å². The Kier molecular flexibility index (Phi) is 3.75. The van der Waals surface area contributed by atoms with Crippen LogP contribution in [0, 0.1) is 0 Å². The fourth-order valence-electron chi connectivity index (χ4n) is 2.22. The first-order valence-electron chi connectivity index (χ1n) is 6.84. The van der Waals surface area contributed by atoms with Crippen LogP contribution < -0.4 is 10.9 Å². The molecule has 0 amide bonds. The Hall–Kier alpha value is -2.53. The van der Waals surface area contributed by atoms with Gasteiger partial charge in [0.25, 0.3) is 5.56 Å². The van der Waals surface area contributed by atoms with Crippen molar-refractivity contribution in [1.82, 2.24) is 19.7 Å². The van der Waals surface area contributed by atoms with E-state index >= 15 is 0 Å². The third kappa shape index (κ3) is 2.98. The lowest BCUT2D eigenvalue weighted by molar-refractivity contribution is 0.567. The monoisotopic (exact) mass is 280 g/mol. The maximum Gasteiger partial charge on any atom is 0.258 e. The zero-order valence-corrected chi connectivity index (χ0v) is 11.7. The SMILES string of the molecule is C[C@@H](NCc1cc(=O)n2ccccc2n1)c1ccncc1. The van der Waals surface area contributed by atoms with Gasteiger partial charge in [-0.05, 0) is 36.8 Å². The molecule has 0 bridgehead atoms. The first-order chi connectivity index (χ1) is 10.2. The molecule has 0 spiro atoms. The Morgan fingerprint density at radius 2 is 2.05 bits per heavy atom. The molecule has 0 radical (unpaired) electrons. The van der Waals surface area contributed by atoms with Gasteiger partial charge in [0, 0.05) is 37.2 Å². The van der Waals surface area contributed by atoms with Gasteiger partial charge in [-0.1, -0.05) is 6.07 Å². The molecule has 5 nitrogen and oxygen atoms in total. The first-order valence-corrected chi connectivity index (χ1v) is 6.84. The van der Waals surface area contributed by atoms with Crippen molar-refractivity contribution in [2.45, 2.75) is 19.5 Å². The van der Waals surface area contributed by atoms with Crippen molar-refractivity contribution in [1.29, 1.82) is 0 Å². The lowest BCUT2D eigenvalue weighted by Gasteiger charge is -2.13. The number of hydrogen-bond acceptors (Lipinski definition) is 4. The number of hydrogen-bond donors (Lipinski definition) is 1. The van der Waals surface area contributed by atoms with Crippen LogP contribution in [0.4, 0.5) is 0 Å². The lowest BCUT2D eigenvalue weighted by Crippen LogP contribution is -2.22. The average Bonchev–Trinajstić information content (AvgIpc) is 2.53. The predicted molar refractivity (Wildman–Crippen MR) is 81.0 cm³/mol. The Balaban J connectivity index is 1.78. The van der Waals surface area contributed by atoms with E-state index in [2.05, 4.69) is 22.2 Å². The summed E-state index contributed by atoms with van der Waals surface area (Å²) in [5, 5.41) is 3.37. The summed E-state index contributed by atoms with van der Waals surface area (Å²) in [5.41, 5.74) is 2.50. The van der Waals surface area contributed by atoms with Gasteiger partial charge in [0.15, 0.2) is 0 Å². The second kappa shape index (κ2) is 5.85. The molecule has 0 saturated heterocycles. The van der Waals surface area contributed by atoms with Gasteiger partial charge < -0.3 is 5.32 Å². The van der Waals surface area contributed by atoms with Crippen LogP contribution >= 0.6 is 0 Å². The van der Waals surface area contributed by atoms with Gasteiger partial charge in [0.1, 0.15) is 5.65 Å². The minimum atomic E-state index is -0.0611. The molecule has 1 N–H and O–H groups in total. The maximum absolute atomic E-state index is 12.0. The predicted octanol–water partition coefficient (Wildman–Crippen LogP) is 1.94. The summed E-state index contributed by atoms with van der Waals surface area (Å²) in [7, 11) is 0. The van der Waals surface area contributed by atoms with Crippen molar-refractivity contribution >= 4 is 5.65 Å². The summed E-state index contributed by atoms with van der Waals surface area (Å²) in [5.74, 6) is 0. The van der Waals surface area contributed by atoms with Crippen molar-refractivity contribution < 1.29 is 0 Å². The Morgan fingerprint density at radius 1 is 1.24 bits per heavy atom. The van der Waals surface area contributed by atoms with E-state index in [1.807, 2.05) is 30.3 Å². The molecule has 3 heterocycles. The fraction of sp³-hybridized carbons (Fsp3) is 0.188. The van der Waals surface area contributed by atoms with Crippen LogP contribution in [0.1, 0.15) is 24.2 Å². The molecule has 1 atom stereocenters. The summed E-state index contributed by atoms with van der Waals surface area (Å²) >= 11 is 0. The first kappa shape index (κ1) is 13.5. The van der Waals surface area contributed by atoms with Crippen LogP contribution in [0.25, 0.3) is 5.65 Å². The normalized spacial score (nSPS) is 12.4. The van der Waals surface area contributed by atoms with Crippen LogP contribution in [0.2, 0.25) is 0 Å². The molecule has 0 aliphatic carbocycles. The summed E-state index contributed by atoms with van der Waals surface area (Å²) in [6.07, 6.45) is 5.27. The number of fused-ring (bicyclic) bond motifs is 1. The molecule has 3 aromatic heterocycles. The largest absolute Gasteiger partial charge is 0.305 e. The van der Waals surface area contributed by atoms with Gasteiger partial charge in [-0.2, -0.15) is 0 Å². The number of nitrogens with zero attached hydrogens (tertiary/aromatic N) is 3. The summed E-state index contributed by atoms with van der Waals surface area (Å²) < 4.78 is 1.54. The number of pyridine rings is 2. The van der Waals surface area contributed by atoms with E-state index in [1.165, 1.54) is 4.40 Å². The van der Waals surface area contributed by atoms with E-state index in [0.717, 1.165) is 11.3 Å². The van der Waals surface area contributed by atoms with Crippen molar-refractivity contribution in [2.75, 3.05) is 0 Å². The van der Waals surface area contributed by atoms with Gasteiger partial charge in [-0.3, -0.25) is 14.2 Å². The standard InChI is InChI=1S/C16H16N4O/c1-12(13-5-7-17-8-6-13)18-11-14-10-16(21)20-9-3-2-4-15(20)19-14/h2-10,12,18H,11H2,1H3/t12-/m1/s1. The van der Waals surface area contributed by atoms with Crippen molar-refractivity contribution in [3.63, 3.8) is 0 Å². The second-order valence-electron chi connectivity index (χ2n) is 4.90. The van der Waals surface area contributed by atoms with Crippen LogP contribution in [0.3, 0.4) is 0 Å². The molecule has 0 aliphatic heterocycles. The lowest BCUT2D eigenvalue weighted by atomic mass is 10.1. The molecule has 5 heteroatoms. The van der Waals surface area contributed by atoms with Crippen LogP contribution in [-0.2, 0) is 6.54 Å². The zero-order chi connectivity index (χ0) is 14.7. The van der Waals surface area contributed by atoms with Gasteiger partial charge in [-0.15, -0.1) is 0 Å². The topological polar surface area (TPSA) is 59.3 Å². The Morgan fingerprint density at radius 3 is 2.86 bits per heavy atom. The van der Waals surface area contributed by atoms with E-state index in [0.29, 0.717) is 12.2 Å². The molecule has 106 valence electrons. The summed E-state index contributed by atoms with van der Waals surface area (Å²) in [6.45, 7) is 2.62. The Bertz CT molecular complexity index is 798. The average molecular weight is 280 g/mol. The summed E-state index contributed by atoms with van der Waals surface area (Å²) in [4.78, 5) is 20.5. The highest BCUT2D eigenvalue weighted by atomic mass is 16.1. The van der Waals surface area contributed by atoms with Crippen LogP contribution in [0.15, 0.2) is 59.8 Å². The van der Waals surface area contributed by atoms with E-state index < -0.39 is 0 Å². The van der Waals surface area contributed by atoms with E-state index in [9.17, 15) is 4.79 Å². The quantitative estimate of drug-likeness (QED) is 0.793. The van der Waals surface area contributed by atoms with Crippen LogP contribution in [0.5, 0.6) is 0 Å². The van der Waals surface area contributed by atoms with Crippen LogP contribution in [-0.4, -0.2) is 14.4 Å². The zero-order valence-electron chi connectivity index (χ0n) is 11.7. The molecule has 3 aromatic rings. The number of aromatic nitrogens is 3. The second-order valence-corrected chi connectivity index (χ2v) is 4.90. The van der Waals surface area contributed by atoms with Crippen molar-refractivity contribution in [3.05, 3.63) is 76.6 Å². The highest BCUT2D eigenvalue weighted by molar-refractivity contribution is 5.38. The number of nitrogens with one attached hydrogen (secondary N) is 1. The van der Waals surface area contributed by atoms with E-state index in [4.69, 9.17) is 0 Å². The molecule has 21 heavy (non-hydrogen) atoms. The van der Waals surface area contributed by atoms with Gasteiger partial charge in [-0.25, -0.2) is 4.98 Å². The minimum absolute atomic E-state index is 0.0611. The summed E-state index contributed by atoms with van der Waals surface area (Å²) in [6, 6.07) is 11.2. The molecule has 0 saturated carbocycles. The van der Waals surface area contributed by atoms with Crippen molar-refractivity contribution in [3.8, 4) is 0 Å². The molecule has 0 unspecified atom stereocenters. The van der Waals surface area contributed by atoms with Crippen molar-refractivity contribution in [2.24, 2.45) is 0 Å². The third-order valence-electron chi connectivity index (χ3n) is 3.42. The molecular formula is C16H16N4O. The number of rotatable bonds is 4. The highest BCUT2D eigenvalue weighted by Crippen LogP contribution is 2.10. The molecule has 0 fully saturated rings. The smallest absolute Gasteiger partial charge is 0.258 e. The third-order valence-corrected chi connectivity index (χ3v) is 3.42. The van der Waals surface area contributed by atoms with Gasteiger partial charge in [0.05, 0.1) is 5.69 Å². The van der Waals surface area contributed by atoms with E-state index in [-0.39, 0.29) is 11.6 Å². The van der Waals surface area contributed by atoms with E-state index in [1.54, 1.807) is 24.7 Å². The molecule has 3 rings (SSSR count). The highest BCUT2D eigenvalue weighted by Gasteiger charge is 2.06. The van der Waals surface area contributed by atoms with Gasteiger partial charge >= 0.3 is 0 Å². The molecule has 0 aliphatic rings. The molecular weight excluding hydrogens is 264 g/mol. The fourth-order valence-corrected chi connectivity index (χ4v) is 2.22. The molecule has 0 aromatic carbocycles. The maximum atomic E-state index is 12.0. The minimum Gasteiger partial charge on any atom is -0.305 e. The van der Waals surface area contributed by atoms with Gasteiger partial charge in [0.2, 0.25) is 0 Å².